The Balaban J connectivity index is 2.62. The van der Waals surface area contributed by atoms with Crippen LogP contribution >= 0.6 is 15.9 Å². The maximum atomic E-state index is 4.52. The van der Waals surface area contributed by atoms with Crippen molar-refractivity contribution in [2.45, 2.75) is 0 Å². The van der Waals surface area contributed by atoms with Gasteiger partial charge in [-0.2, -0.15) is 0 Å². The lowest BCUT2D eigenvalue weighted by Gasteiger charge is -2.11. The summed E-state index contributed by atoms with van der Waals surface area (Å²) >= 11 is 3.44. The summed E-state index contributed by atoms with van der Waals surface area (Å²) in [7, 11) is 3.99. The van der Waals surface area contributed by atoms with E-state index < -0.39 is 0 Å². The number of hydrogen-bond acceptors (Lipinski definition) is 2. The molecule has 2 rings (SSSR count). The molecule has 0 atom stereocenters. The SMILES string of the molecule is CN(C)c1ccc2cc(Br)ccc2n1. The molecule has 0 aliphatic heterocycles. The summed E-state index contributed by atoms with van der Waals surface area (Å²) in [6.45, 7) is 0. The number of nitrogens with zero attached hydrogens (tertiary/aromatic N) is 2. The first-order valence-electron chi connectivity index (χ1n) is 4.40. The molecule has 0 aliphatic carbocycles. The van der Waals surface area contributed by atoms with Crippen LogP contribution in [0.3, 0.4) is 0 Å². The topological polar surface area (TPSA) is 16.1 Å². The maximum absolute atomic E-state index is 4.52. The van der Waals surface area contributed by atoms with Crippen molar-refractivity contribution in [2.24, 2.45) is 0 Å². The minimum absolute atomic E-state index is 0.986. The van der Waals surface area contributed by atoms with E-state index in [4.69, 9.17) is 0 Å². The minimum atomic E-state index is 0.986. The minimum Gasteiger partial charge on any atom is -0.363 e. The molecule has 0 unspecified atom stereocenters. The zero-order valence-electron chi connectivity index (χ0n) is 8.16. The highest BCUT2D eigenvalue weighted by Gasteiger charge is 1.99. The lowest BCUT2D eigenvalue weighted by atomic mass is 10.2. The zero-order valence-corrected chi connectivity index (χ0v) is 9.75. The van der Waals surface area contributed by atoms with Crippen LogP contribution in [0.25, 0.3) is 10.9 Å². The third-order valence-electron chi connectivity index (χ3n) is 2.09. The molecule has 14 heavy (non-hydrogen) atoms. The van der Waals surface area contributed by atoms with Gasteiger partial charge in [-0.05, 0) is 30.3 Å². The van der Waals surface area contributed by atoms with Crippen molar-refractivity contribution in [3.05, 3.63) is 34.8 Å². The molecule has 3 heteroatoms. The molecule has 2 nitrogen and oxygen atoms in total. The fourth-order valence-corrected chi connectivity index (χ4v) is 1.71. The third-order valence-corrected chi connectivity index (χ3v) is 2.59. The zero-order chi connectivity index (χ0) is 10.1. The normalized spacial score (nSPS) is 10.5. The van der Waals surface area contributed by atoms with E-state index >= 15 is 0 Å². The van der Waals surface area contributed by atoms with Crippen LogP contribution in [0.4, 0.5) is 5.82 Å². The Bertz CT molecular complexity index is 466. The Kier molecular flexibility index (Phi) is 2.42. The second-order valence-corrected chi connectivity index (χ2v) is 4.32. The van der Waals surface area contributed by atoms with Crippen LogP contribution in [0.15, 0.2) is 34.8 Å². The summed E-state index contributed by atoms with van der Waals surface area (Å²) in [4.78, 5) is 6.52. The number of aromatic nitrogens is 1. The highest BCUT2D eigenvalue weighted by Crippen LogP contribution is 2.20. The Morgan fingerprint density at radius 2 is 1.93 bits per heavy atom. The van der Waals surface area contributed by atoms with Crippen molar-refractivity contribution in [3.63, 3.8) is 0 Å². The lowest BCUT2D eigenvalue weighted by Crippen LogP contribution is -2.10. The average molecular weight is 251 g/mol. The molecule has 0 N–H and O–H groups in total. The smallest absolute Gasteiger partial charge is 0.128 e. The number of hydrogen-bond donors (Lipinski definition) is 0. The highest BCUT2D eigenvalue weighted by molar-refractivity contribution is 9.10. The summed E-state index contributed by atoms with van der Waals surface area (Å²) in [6, 6.07) is 10.2. The average Bonchev–Trinajstić information content (AvgIpc) is 2.16. The predicted octanol–water partition coefficient (Wildman–Crippen LogP) is 3.06. The first-order valence-corrected chi connectivity index (χ1v) is 5.20. The second-order valence-electron chi connectivity index (χ2n) is 3.40. The number of anilines is 1. The van der Waals surface area contributed by atoms with E-state index in [0.717, 1.165) is 21.2 Å². The van der Waals surface area contributed by atoms with Crippen molar-refractivity contribution in [1.29, 1.82) is 0 Å². The molecule has 0 fully saturated rings. The number of rotatable bonds is 1. The van der Waals surface area contributed by atoms with Gasteiger partial charge in [-0.15, -0.1) is 0 Å². The lowest BCUT2D eigenvalue weighted by molar-refractivity contribution is 1.08. The number of benzene rings is 1. The van der Waals surface area contributed by atoms with Gasteiger partial charge in [0.15, 0.2) is 0 Å². The molecule has 2 aromatic rings. The van der Waals surface area contributed by atoms with Crippen LogP contribution in [-0.4, -0.2) is 19.1 Å². The molecule has 1 aromatic heterocycles. The monoisotopic (exact) mass is 250 g/mol. The van der Waals surface area contributed by atoms with Gasteiger partial charge in [0.05, 0.1) is 5.52 Å². The summed E-state index contributed by atoms with van der Waals surface area (Å²) < 4.78 is 1.09. The molecule has 0 saturated heterocycles. The molecule has 0 spiro atoms. The second kappa shape index (κ2) is 3.58. The van der Waals surface area contributed by atoms with Crippen molar-refractivity contribution >= 4 is 32.7 Å². The Hall–Kier alpha value is -1.09. The molecular formula is C11H11BrN2. The van der Waals surface area contributed by atoms with Crippen LogP contribution < -0.4 is 4.90 Å². The van der Waals surface area contributed by atoms with E-state index in [1.165, 1.54) is 0 Å². The van der Waals surface area contributed by atoms with Crippen molar-refractivity contribution in [1.82, 2.24) is 4.98 Å². The van der Waals surface area contributed by atoms with Crippen molar-refractivity contribution in [3.8, 4) is 0 Å². The molecular weight excluding hydrogens is 240 g/mol. The van der Waals surface area contributed by atoms with Crippen molar-refractivity contribution < 1.29 is 0 Å². The van der Waals surface area contributed by atoms with E-state index in [9.17, 15) is 0 Å². The van der Waals surface area contributed by atoms with E-state index in [2.05, 4.69) is 33.0 Å². The van der Waals surface area contributed by atoms with E-state index in [1.807, 2.05) is 37.2 Å². The Morgan fingerprint density at radius 1 is 1.14 bits per heavy atom. The van der Waals surface area contributed by atoms with Gasteiger partial charge in [-0.25, -0.2) is 4.98 Å². The van der Waals surface area contributed by atoms with Crippen LogP contribution in [0.1, 0.15) is 0 Å². The first-order chi connectivity index (χ1) is 6.66. The molecule has 0 saturated carbocycles. The third kappa shape index (κ3) is 1.73. The van der Waals surface area contributed by atoms with Gasteiger partial charge in [0.2, 0.25) is 0 Å². The molecule has 72 valence electrons. The van der Waals surface area contributed by atoms with Crippen LogP contribution in [0.5, 0.6) is 0 Å². The van der Waals surface area contributed by atoms with E-state index in [0.29, 0.717) is 0 Å². The quantitative estimate of drug-likeness (QED) is 0.774. The van der Waals surface area contributed by atoms with Gasteiger partial charge in [0.1, 0.15) is 5.82 Å². The standard InChI is InChI=1S/C11H11BrN2/c1-14(2)11-6-3-8-7-9(12)4-5-10(8)13-11/h3-7H,1-2H3. The van der Waals surface area contributed by atoms with Gasteiger partial charge < -0.3 is 4.90 Å². The molecule has 1 heterocycles. The van der Waals surface area contributed by atoms with Gasteiger partial charge in [-0.3, -0.25) is 0 Å². The van der Waals surface area contributed by atoms with Crippen LogP contribution in [0, 0.1) is 0 Å². The summed E-state index contributed by atoms with van der Waals surface area (Å²) in [5.41, 5.74) is 1.03. The fraction of sp³-hybridized carbons (Fsp3) is 0.182. The fourth-order valence-electron chi connectivity index (χ4n) is 1.33. The largest absolute Gasteiger partial charge is 0.363 e. The summed E-state index contributed by atoms with van der Waals surface area (Å²) in [5.74, 6) is 0.986. The first kappa shape index (κ1) is 9.46. The van der Waals surface area contributed by atoms with E-state index in [1.54, 1.807) is 0 Å². The molecule has 0 radical (unpaired) electrons. The van der Waals surface area contributed by atoms with Crippen molar-refractivity contribution in [2.75, 3.05) is 19.0 Å². The van der Waals surface area contributed by atoms with Gasteiger partial charge in [0.25, 0.3) is 0 Å². The molecule has 1 aromatic carbocycles. The van der Waals surface area contributed by atoms with E-state index in [-0.39, 0.29) is 0 Å². The summed E-state index contributed by atoms with van der Waals surface area (Å²) in [6.07, 6.45) is 0. The molecule has 0 bridgehead atoms. The predicted molar refractivity (Wildman–Crippen MR) is 63.8 cm³/mol. The maximum Gasteiger partial charge on any atom is 0.128 e. The highest BCUT2D eigenvalue weighted by atomic mass is 79.9. The molecule has 0 aliphatic rings. The Morgan fingerprint density at radius 3 is 2.64 bits per heavy atom. The number of pyridine rings is 1. The van der Waals surface area contributed by atoms with Crippen LogP contribution in [0.2, 0.25) is 0 Å². The number of halogens is 1. The Labute approximate surface area is 91.7 Å². The van der Waals surface area contributed by atoms with Gasteiger partial charge in [0, 0.05) is 24.0 Å². The molecule has 0 amide bonds. The van der Waals surface area contributed by atoms with Gasteiger partial charge in [-0.1, -0.05) is 15.9 Å². The summed E-state index contributed by atoms with van der Waals surface area (Å²) in [5, 5.41) is 1.16. The van der Waals surface area contributed by atoms with Crippen LogP contribution in [-0.2, 0) is 0 Å². The van der Waals surface area contributed by atoms with Gasteiger partial charge >= 0.3 is 0 Å². The number of fused-ring (bicyclic) bond motifs is 1.